The molecule has 2 aromatic carbocycles. The number of aldehydes is 1. The fourth-order valence-electron chi connectivity index (χ4n) is 2.23. The highest BCUT2D eigenvalue weighted by atomic mass is 35.5. The molecular formula is C15H11ClO2. The second kappa shape index (κ2) is 4.56. The Labute approximate surface area is 110 Å². The van der Waals surface area contributed by atoms with Crippen molar-refractivity contribution in [2.75, 3.05) is 0 Å². The summed E-state index contributed by atoms with van der Waals surface area (Å²) in [6.07, 6.45) is 0.838. The highest BCUT2D eigenvalue weighted by Gasteiger charge is 2.13. The zero-order chi connectivity index (χ0) is 12.5. The molecule has 2 aromatic rings. The maximum Gasteiger partial charge on any atom is 0.150 e. The second-order valence-electron chi connectivity index (χ2n) is 4.33. The van der Waals surface area contributed by atoms with Gasteiger partial charge in [0.15, 0.2) is 6.29 Å². The zero-order valence-electron chi connectivity index (χ0n) is 9.65. The number of rotatable bonds is 2. The van der Waals surface area contributed by atoms with Crippen LogP contribution in [0.1, 0.15) is 21.5 Å². The van der Waals surface area contributed by atoms with E-state index in [4.69, 9.17) is 16.3 Å². The number of hydrogen-bond donors (Lipinski definition) is 0. The van der Waals surface area contributed by atoms with Crippen LogP contribution < -0.4 is 0 Å². The maximum absolute atomic E-state index is 11.1. The van der Waals surface area contributed by atoms with Gasteiger partial charge in [-0.25, -0.2) is 0 Å². The molecule has 0 saturated carbocycles. The summed E-state index contributed by atoms with van der Waals surface area (Å²) in [5, 5.41) is 0.574. The van der Waals surface area contributed by atoms with Gasteiger partial charge in [0.1, 0.15) is 0 Å². The average molecular weight is 259 g/mol. The summed E-state index contributed by atoms with van der Waals surface area (Å²) in [5.74, 6) is 0. The Morgan fingerprint density at radius 3 is 2.72 bits per heavy atom. The molecule has 3 heteroatoms. The van der Waals surface area contributed by atoms with Crippen molar-refractivity contribution in [3.8, 4) is 11.1 Å². The van der Waals surface area contributed by atoms with Crippen molar-refractivity contribution in [1.82, 2.24) is 0 Å². The third-order valence-corrected chi connectivity index (χ3v) is 3.41. The van der Waals surface area contributed by atoms with Crippen molar-refractivity contribution in [2.24, 2.45) is 0 Å². The number of hydrogen-bond acceptors (Lipinski definition) is 2. The van der Waals surface area contributed by atoms with Crippen LogP contribution >= 0.6 is 11.6 Å². The van der Waals surface area contributed by atoms with Crippen molar-refractivity contribution in [3.05, 3.63) is 58.1 Å². The number of carbonyl (C=O) groups is 1. The van der Waals surface area contributed by atoms with Gasteiger partial charge in [-0.3, -0.25) is 4.79 Å². The Hall–Kier alpha value is -1.64. The summed E-state index contributed by atoms with van der Waals surface area (Å²) in [4.78, 5) is 11.1. The number of carbonyl (C=O) groups excluding carboxylic acids is 1. The van der Waals surface area contributed by atoms with Crippen LogP contribution in [0.2, 0.25) is 5.02 Å². The molecule has 0 radical (unpaired) electrons. The first-order chi connectivity index (χ1) is 8.78. The minimum atomic E-state index is 0.574. The summed E-state index contributed by atoms with van der Waals surface area (Å²) in [7, 11) is 0. The fraction of sp³-hybridized carbons (Fsp3) is 0.133. The van der Waals surface area contributed by atoms with E-state index in [0.29, 0.717) is 23.8 Å². The van der Waals surface area contributed by atoms with Crippen LogP contribution in [0.3, 0.4) is 0 Å². The molecular weight excluding hydrogens is 248 g/mol. The number of benzene rings is 2. The predicted molar refractivity (Wildman–Crippen MR) is 70.8 cm³/mol. The van der Waals surface area contributed by atoms with Gasteiger partial charge in [-0.1, -0.05) is 29.8 Å². The molecule has 0 saturated heterocycles. The van der Waals surface area contributed by atoms with Gasteiger partial charge in [-0.15, -0.1) is 0 Å². The Kier molecular flexibility index (Phi) is 2.90. The van der Waals surface area contributed by atoms with E-state index < -0.39 is 0 Å². The number of halogens is 1. The van der Waals surface area contributed by atoms with Crippen molar-refractivity contribution in [2.45, 2.75) is 13.2 Å². The Morgan fingerprint density at radius 1 is 1.06 bits per heavy atom. The summed E-state index contributed by atoms with van der Waals surface area (Å²) in [5.41, 5.74) is 4.96. The molecule has 0 unspecified atom stereocenters. The molecule has 1 aliphatic heterocycles. The Balaban J connectivity index is 2.12. The van der Waals surface area contributed by atoms with Crippen LogP contribution in [0.4, 0.5) is 0 Å². The van der Waals surface area contributed by atoms with E-state index in [0.717, 1.165) is 17.4 Å². The van der Waals surface area contributed by atoms with E-state index in [9.17, 15) is 4.79 Å². The first-order valence-electron chi connectivity index (χ1n) is 5.72. The number of fused-ring (bicyclic) bond motifs is 1. The molecule has 0 aliphatic carbocycles. The monoisotopic (exact) mass is 258 g/mol. The third kappa shape index (κ3) is 1.94. The van der Waals surface area contributed by atoms with Gasteiger partial charge in [0.05, 0.1) is 13.2 Å². The van der Waals surface area contributed by atoms with Gasteiger partial charge in [0.25, 0.3) is 0 Å². The van der Waals surface area contributed by atoms with E-state index in [2.05, 4.69) is 12.1 Å². The fourth-order valence-corrected chi connectivity index (χ4v) is 2.41. The Bertz CT molecular complexity index is 620. The molecule has 90 valence electrons. The SMILES string of the molecule is O=Cc1cc(Cl)ccc1-c1ccc2c(c1)COC2. The quantitative estimate of drug-likeness (QED) is 0.765. The van der Waals surface area contributed by atoms with E-state index in [1.54, 1.807) is 12.1 Å². The lowest BCUT2D eigenvalue weighted by molar-refractivity contribution is 0.112. The lowest BCUT2D eigenvalue weighted by Crippen LogP contribution is -1.90. The second-order valence-corrected chi connectivity index (χ2v) is 4.76. The molecule has 18 heavy (non-hydrogen) atoms. The highest BCUT2D eigenvalue weighted by molar-refractivity contribution is 6.31. The molecule has 0 bridgehead atoms. The third-order valence-electron chi connectivity index (χ3n) is 3.17. The van der Waals surface area contributed by atoms with Crippen LogP contribution in [0.25, 0.3) is 11.1 Å². The lowest BCUT2D eigenvalue weighted by Gasteiger charge is -2.07. The summed E-state index contributed by atoms with van der Waals surface area (Å²) < 4.78 is 5.39. The van der Waals surface area contributed by atoms with Crippen molar-refractivity contribution in [1.29, 1.82) is 0 Å². The zero-order valence-corrected chi connectivity index (χ0v) is 10.4. The van der Waals surface area contributed by atoms with Crippen LogP contribution in [-0.4, -0.2) is 6.29 Å². The smallest absolute Gasteiger partial charge is 0.150 e. The molecule has 1 heterocycles. The molecule has 0 aromatic heterocycles. The van der Waals surface area contributed by atoms with Crippen molar-refractivity contribution < 1.29 is 9.53 Å². The molecule has 0 amide bonds. The normalized spacial score (nSPS) is 13.4. The van der Waals surface area contributed by atoms with Crippen molar-refractivity contribution in [3.63, 3.8) is 0 Å². The molecule has 0 N–H and O–H groups in total. The lowest BCUT2D eigenvalue weighted by atomic mass is 9.97. The molecule has 0 spiro atoms. The minimum Gasteiger partial charge on any atom is -0.372 e. The van der Waals surface area contributed by atoms with E-state index in [-0.39, 0.29) is 0 Å². The van der Waals surface area contributed by atoms with Gasteiger partial charge < -0.3 is 4.74 Å². The molecule has 0 fully saturated rings. The highest BCUT2D eigenvalue weighted by Crippen LogP contribution is 2.29. The number of ether oxygens (including phenoxy) is 1. The topological polar surface area (TPSA) is 26.3 Å². The van der Waals surface area contributed by atoms with Gasteiger partial charge in [-0.05, 0) is 40.5 Å². The molecule has 1 aliphatic rings. The van der Waals surface area contributed by atoms with Gasteiger partial charge >= 0.3 is 0 Å². The summed E-state index contributed by atoms with van der Waals surface area (Å²) in [6, 6.07) is 11.5. The first kappa shape index (κ1) is 11.5. The van der Waals surface area contributed by atoms with Crippen LogP contribution in [-0.2, 0) is 18.0 Å². The predicted octanol–water partition coefficient (Wildman–Crippen LogP) is 3.85. The maximum atomic E-state index is 11.1. The van der Waals surface area contributed by atoms with E-state index in [1.807, 2.05) is 12.1 Å². The average Bonchev–Trinajstić information content (AvgIpc) is 2.85. The summed E-state index contributed by atoms with van der Waals surface area (Å²) >= 11 is 5.90. The molecule has 0 atom stereocenters. The minimum absolute atomic E-state index is 0.574. The van der Waals surface area contributed by atoms with Gasteiger partial charge in [-0.2, -0.15) is 0 Å². The largest absolute Gasteiger partial charge is 0.372 e. The van der Waals surface area contributed by atoms with Crippen molar-refractivity contribution >= 4 is 17.9 Å². The standard InChI is InChI=1S/C15H11ClO2/c16-14-3-4-15(12(6-14)7-17)10-1-2-11-8-18-9-13(11)5-10/h1-7H,8-9H2. The van der Waals surface area contributed by atoms with Gasteiger partial charge in [0, 0.05) is 10.6 Å². The summed E-state index contributed by atoms with van der Waals surface area (Å²) in [6.45, 7) is 1.32. The van der Waals surface area contributed by atoms with E-state index in [1.165, 1.54) is 11.1 Å². The van der Waals surface area contributed by atoms with Crippen LogP contribution in [0.5, 0.6) is 0 Å². The first-order valence-corrected chi connectivity index (χ1v) is 6.10. The molecule has 3 rings (SSSR count). The molecule has 2 nitrogen and oxygen atoms in total. The Morgan fingerprint density at radius 2 is 1.89 bits per heavy atom. The van der Waals surface area contributed by atoms with Gasteiger partial charge in [0.2, 0.25) is 0 Å². The van der Waals surface area contributed by atoms with Crippen LogP contribution in [0, 0.1) is 0 Å². The van der Waals surface area contributed by atoms with Crippen LogP contribution in [0.15, 0.2) is 36.4 Å². The van der Waals surface area contributed by atoms with E-state index >= 15 is 0 Å².